The predicted molar refractivity (Wildman–Crippen MR) is 153 cm³/mol. The second kappa shape index (κ2) is 12.3. The lowest BCUT2D eigenvalue weighted by Gasteiger charge is -2.36. The molecule has 3 aromatic rings. The minimum absolute atomic E-state index is 0.283. The van der Waals surface area contributed by atoms with Crippen molar-refractivity contribution in [3.05, 3.63) is 64.8 Å². The van der Waals surface area contributed by atoms with Crippen LogP contribution >= 0.6 is 11.3 Å². The Kier molecular flexibility index (Phi) is 8.67. The van der Waals surface area contributed by atoms with Crippen LogP contribution in [0.2, 0.25) is 0 Å². The van der Waals surface area contributed by atoms with Crippen LogP contribution in [0.1, 0.15) is 79.2 Å². The van der Waals surface area contributed by atoms with Gasteiger partial charge in [0.15, 0.2) is 10.9 Å². The van der Waals surface area contributed by atoms with Gasteiger partial charge in [-0.15, -0.1) is 11.3 Å². The summed E-state index contributed by atoms with van der Waals surface area (Å²) in [7, 11) is 0. The first-order chi connectivity index (χ1) is 18.1. The number of carbonyl (C=O) groups is 1. The Balaban J connectivity index is 1.07. The number of aryl methyl sites for hydroxylation is 1. The van der Waals surface area contributed by atoms with Crippen molar-refractivity contribution >= 4 is 22.3 Å². The number of pyridine rings is 1. The fourth-order valence-corrected chi connectivity index (χ4v) is 7.22. The summed E-state index contributed by atoms with van der Waals surface area (Å²) in [5.41, 5.74) is 10.0. The first kappa shape index (κ1) is 26.1. The summed E-state index contributed by atoms with van der Waals surface area (Å²) in [6.45, 7) is 4.66. The fraction of sp³-hybridized carbons (Fsp3) is 0.516. The van der Waals surface area contributed by atoms with E-state index in [0.717, 1.165) is 40.7 Å². The number of hydrogen-bond acceptors (Lipinski definition) is 6. The predicted octanol–water partition coefficient (Wildman–Crippen LogP) is 6.83. The van der Waals surface area contributed by atoms with Crippen molar-refractivity contribution in [3.63, 3.8) is 0 Å². The minimum Gasteiger partial charge on any atom is -0.375 e. The number of rotatable bonds is 10. The zero-order valence-electron chi connectivity index (χ0n) is 22.1. The Labute approximate surface area is 225 Å². The van der Waals surface area contributed by atoms with Crippen LogP contribution in [0.3, 0.4) is 0 Å². The molecule has 2 aliphatic rings. The zero-order valence-corrected chi connectivity index (χ0v) is 22.9. The molecule has 1 aromatic carbocycles. The molecule has 5 rings (SSSR count). The number of nitrogens with zero attached hydrogens (tertiary/aromatic N) is 3. The highest BCUT2D eigenvalue weighted by atomic mass is 32.1. The van der Waals surface area contributed by atoms with Gasteiger partial charge in [0.25, 0.3) is 0 Å². The van der Waals surface area contributed by atoms with Crippen LogP contribution in [0.15, 0.2) is 48.7 Å². The van der Waals surface area contributed by atoms with E-state index >= 15 is 0 Å². The lowest BCUT2D eigenvalue weighted by molar-refractivity contribution is 0.0937. The summed E-state index contributed by atoms with van der Waals surface area (Å²) in [6, 6.07) is 14.5. The molecule has 0 bridgehead atoms. The molecule has 0 unspecified atom stereocenters. The standard InChI is InChI=1S/C31H40N4OS/c1-2-18-35(26-14-15-28-30(21-26)37-31(32)34-28)19-16-22-6-8-23(9-7-22)20-29(36)25-12-10-24(11-13-25)27-5-3-4-17-33-27/h3-5,10-13,17,22-23,26H,2,6-9,14-16,18-21H2,1H3,(H2,32,34)/t22?,23?,26-/m0/s1. The van der Waals surface area contributed by atoms with Crippen molar-refractivity contribution in [3.8, 4) is 11.3 Å². The number of ketones is 1. The first-order valence-electron chi connectivity index (χ1n) is 14.1. The van der Waals surface area contributed by atoms with Crippen molar-refractivity contribution in [1.29, 1.82) is 0 Å². The van der Waals surface area contributed by atoms with Gasteiger partial charge in [-0.25, -0.2) is 4.98 Å². The third kappa shape index (κ3) is 6.66. The van der Waals surface area contributed by atoms with Gasteiger partial charge >= 0.3 is 0 Å². The number of Topliss-reactive ketones (excluding diaryl/α,β-unsaturated/α-hetero) is 1. The Morgan fingerprint density at radius 1 is 1.03 bits per heavy atom. The van der Waals surface area contributed by atoms with Crippen LogP contribution in [0, 0.1) is 11.8 Å². The molecule has 196 valence electrons. The molecule has 2 heterocycles. The second-order valence-corrected chi connectivity index (χ2v) is 12.1. The number of thiazole rings is 1. The summed E-state index contributed by atoms with van der Waals surface area (Å²) in [5.74, 6) is 1.60. The fourth-order valence-electron chi connectivity index (χ4n) is 6.27. The van der Waals surface area contributed by atoms with Crippen molar-refractivity contribution in [2.45, 2.75) is 77.2 Å². The van der Waals surface area contributed by atoms with Gasteiger partial charge in [0.05, 0.1) is 11.4 Å². The van der Waals surface area contributed by atoms with E-state index in [0.29, 0.717) is 18.4 Å². The van der Waals surface area contributed by atoms with Gasteiger partial charge in [-0.05, 0) is 82.0 Å². The van der Waals surface area contributed by atoms with Gasteiger partial charge < -0.3 is 10.6 Å². The van der Waals surface area contributed by atoms with Gasteiger partial charge in [0, 0.05) is 34.7 Å². The average Bonchev–Trinajstić information content (AvgIpc) is 3.31. The molecule has 0 radical (unpaired) electrons. The van der Waals surface area contributed by atoms with E-state index in [1.807, 2.05) is 42.5 Å². The molecule has 2 aromatic heterocycles. The third-order valence-corrected chi connectivity index (χ3v) is 9.34. The highest BCUT2D eigenvalue weighted by Gasteiger charge is 2.28. The molecular weight excluding hydrogens is 476 g/mol. The maximum atomic E-state index is 13.0. The summed E-state index contributed by atoms with van der Waals surface area (Å²) >= 11 is 1.69. The highest BCUT2D eigenvalue weighted by Crippen LogP contribution is 2.35. The Hall–Kier alpha value is -2.57. The molecule has 0 amide bonds. The van der Waals surface area contributed by atoms with E-state index in [-0.39, 0.29) is 5.78 Å². The molecule has 2 N–H and O–H groups in total. The van der Waals surface area contributed by atoms with Gasteiger partial charge in [-0.2, -0.15) is 0 Å². The van der Waals surface area contributed by atoms with E-state index in [1.165, 1.54) is 68.6 Å². The number of anilines is 1. The number of hydrogen-bond donors (Lipinski definition) is 1. The number of benzene rings is 1. The van der Waals surface area contributed by atoms with Crippen molar-refractivity contribution in [2.75, 3.05) is 18.8 Å². The van der Waals surface area contributed by atoms with E-state index in [1.54, 1.807) is 17.5 Å². The van der Waals surface area contributed by atoms with Crippen LogP contribution in [-0.4, -0.2) is 39.8 Å². The lowest BCUT2D eigenvalue weighted by Crippen LogP contribution is -2.41. The molecule has 37 heavy (non-hydrogen) atoms. The maximum absolute atomic E-state index is 13.0. The van der Waals surface area contributed by atoms with E-state index in [9.17, 15) is 4.79 Å². The van der Waals surface area contributed by atoms with Crippen molar-refractivity contribution in [2.24, 2.45) is 11.8 Å². The average molecular weight is 517 g/mol. The van der Waals surface area contributed by atoms with E-state index in [4.69, 9.17) is 5.73 Å². The Bertz CT molecular complexity index is 1150. The largest absolute Gasteiger partial charge is 0.375 e. The molecule has 1 saturated carbocycles. The summed E-state index contributed by atoms with van der Waals surface area (Å²) in [6.07, 6.45) is 13.2. The third-order valence-electron chi connectivity index (χ3n) is 8.39. The molecule has 0 aliphatic heterocycles. The molecule has 0 saturated heterocycles. The van der Waals surface area contributed by atoms with Crippen LogP contribution in [0.4, 0.5) is 5.13 Å². The first-order valence-corrected chi connectivity index (χ1v) is 14.9. The Morgan fingerprint density at radius 3 is 2.54 bits per heavy atom. The lowest BCUT2D eigenvalue weighted by atomic mass is 9.78. The van der Waals surface area contributed by atoms with Crippen LogP contribution < -0.4 is 5.73 Å². The molecular formula is C31H40N4OS. The van der Waals surface area contributed by atoms with Gasteiger partial charge in [0.1, 0.15) is 0 Å². The normalized spacial score (nSPS) is 21.6. The zero-order chi connectivity index (χ0) is 25.6. The number of carbonyl (C=O) groups excluding carboxylic acids is 1. The maximum Gasteiger partial charge on any atom is 0.180 e. The molecule has 1 atom stereocenters. The van der Waals surface area contributed by atoms with E-state index < -0.39 is 0 Å². The smallest absolute Gasteiger partial charge is 0.180 e. The molecule has 6 heteroatoms. The summed E-state index contributed by atoms with van der Waals surface area (Å²) in [5, 5.41) is 0.726. The summed E-state index contributed by atoms with van der Waals surface area (Å²) < 4.78 is 0. The Morgan fingerprint density at radius 2 is 1.81 bits per heavy atom. The van der Waals surface area contributed by atoms with Crippen LogP contribution in [0.25, 0.3) is 11.3 Å². The van der Waals surface area contributed by atoms with Crippen molar-refractivity contribution < 1.29 is 4.79 Å². The van der Waals surface area contributed by atoms with Crippen molar-refractivity contribution in [1.82, 2.24) is 14.9 Å². The van der Waals surface area contributed by atoms with Gasteiger partial charge in [-0.1, -0.05) is 50.1 Å². The van der Waals surface area contributed by atoms with Crippen LogP contribution in [0.5, 0.6) is 0 Å². The molecule has 2 aliphatic carbocycles. The molecule has 5 nitrogen and oxygen atoms in total. The quantitative estimate of drug-likeness (QED) is 0.299. The molecule has 0 spiro atoms. The van der Waals surface area contributed by atoms with E-state index in [2.05, 4.69) is 21.8 Å². The number of nitrogens with two attached hydrogens (primary N) is 1. The van der Waals surface area contributed by atoms with Gasteiger partial charge in [-0.3, -0.25) is 9.78 Å². The summed E-state index contributed by atoms with van der Waals surface area (Å²) in [4.78, 5) is 26.0. The number of fused-ring (bicyclic) bond motifs is 1. The number of aromatic nitrogens is 2. The highest BCUT2D eigenvalue weighted by molar-refractivity contribution is 7.15. The molecule has 1 fully saturated rings. The SMILES string of the molecule is CCCN(CCC1CCC(CC(=O)c2ccc(-c3ccccn3)cc2)CC1)[C@H]1CCc2nc(N)sc2C1. The second-order valence-electron chi connectivity index (χ2n) is 10.9. The topological polar surface area (TPSA) is 72.1 Å². The van der Waals surface area contributed by atoms with Crippen LogP contribution in [-0.2, 0) is 12.8 Å². The number of nitrogen functional groups attached to an aromatic ring is 1. The monoisotopic (exact) mass is 516 g/mol. The van der Waals surface area contributed by atoms with Gasteiger partial charge in [0.2, 0.25) is 0 Å². The minimum atomic E-state index is 0.283.